The number of aromatic nitrogens is 2. The van der Waals surface area contributed by atoms with E-state index < -0.39 is 0 Å². The molecule has 2 rings (SSSR count). The van der Waals surface area contributed by atoms with Crippen molar-refractivity contribution in [1.82, 2.24) is 20.2 Å². The van der Waals surface area contributed by atoms with E-state index in [-0.39, 0.29) is 29.7 Å². The van der Waals surface area contributed by atoms with Crippen molar-refractivity contribution in [2.45, 2.75) is 25.0 Å². The molecule has 2 amide bonds. The highest BCUT2D eigenvalue weighted by molar-refractivity contribution is 7.99. The monoisotopic (exact) mass is 392 g/mol. The number of carbonyl (C=O) groups excluding carboxylic acids is 2. The molecule has 0 unspecified atom stereocenters. The Bertz CT molecular complexity index is 853. The van der Waals surface area contributed by atoms with Gasteiger partial charge < -0.3 is 15.4 Å². The molecular weight excluding hydrogens is 368 g/mol. The maximum Gasteiger partial charge on any atom is 0.262 e. The second-order valence-electron chi connectivity index (χ2n) is 5.66. The first-order chi connectivity index (χ1) is 13.1. The smallest absolute Gasteiger partial charge is 0.262 e. The molecule has 2 aromatic rings. The number of thioether (sulfide) groups is 1. The second kappa shape index (κ2) is 10.7. The minimum atomic E-state index is -0.299. The molecule has 0 aliphatic rings. The van der Waals surface area contributed by atoms with E-state index in [2.05, 4.69) is 15.6 Å². The molecule has 0 atom stereocenters. The first-order valence-corrected chi connectivity index (χ1v) is 9.72. The van der Waals surface area contributed by atoms with Crippen LogP contribution in [0.4, 0.5) is 0 Å². The van der Waals surface area contributed by atoms with E-state index in [0.29, 0.717) is 42.2 Å². The number of hydrogen-bond donors (Lipinski definition) is 2. The standard InChI is InChI=1S/C18H24N4O4S/c1-3-26-10-6-9-22-17(25)13-7-4-5-8-14(13)21-18(22)27-12-16(24)20-11-15(23)19-2/h4-5,7-8H,3,6,9-12H2,1-2H3,(H,19,23)(H,20,24). The zero-order valence-electron chi connectivity index (χ0n) is 15.5. The molecule has 0 saturated heterocycles. The Hall–Kier alpha value is -2.39. The number of rotatable bonds is 10. The third kappa shape index (κ3) is 6.07. The lowest BCUT2D eigenvalue weighted by molar-refractivity contribution is -0.124. The lowest BCUT2D eigenvalue weighted by atomic mass is 10.2. The van der Waals surface area contributed by atoms with E-state index in [1.54, 1.807) is 22.8 Å². The largest absolute Gasteiger partial charge is 0.382 e. The van der Waals surface area contributed by atoms with E-state index in [1.165, 1.54) is 18.8 Å². The first-order valence-electron chi connectivity index (χ1n) is 8.74. The van der Waals surface area contributed by atoms with E-state index in [9.17, 15) is 14.4 Å². The minimum Gasteiger partial charge on any atom is -0.382 e. The number of hydrogen-bond acceptors (Lipinski definition) is 6. The number of para-hydroxylation sites is 1. The average molecular weight is 392 g/mol. The van der Waals surface area contributed by atoms with Gasteiger partial charge in [0, 0.05) is 26.8 Å². The van der Waals surface area contributed by atoms with Crippen LogP contribution in [0.15, 0.2) is 34.2 Å². The third-order valence-electron chi connectivity index (χ3n) is 3.76. The normalized spacial score (nSPS) is 10.7. The lowest BCUT2D eigenvalue weighted by Crippen LogP contribution is -2.36. The fourth-order valence-electron chi connectivity index (χ4n) is 2.37. The molecule has 0 fully saturated rings. The SMILES string of the molecule is CCOCCCn1c(SCC(=O)NCC(=O)NC)nc2ccccc2c1=O. The van der Waals surface area contributed by atoms with Crippen molar-refractivity contribution in [3.05, 3.63) is 34.6 Å². The van der Waals surface area contributed by atoms with Crippen molar-refractivity contribution in [1.29, 1.82) is 0 Å². The van der Waals surface area contributed by atoms with Gasteiger partial charge in [0.15, 0.2) is 5.16 Å². The summed E-state index contributed by atoms with van der Waals surface area (Å²) in [5.74, 6) is -0.510. The number of nitrogens with zero attached hydrogens (tertiary/aromatic N) is 2. The van der Waals surface area contributed by atoms with Crippen LogP contribution in [-0.4, -0.2) is 53.9 Å². The average Bonchev–Trinajstić information content (AvgIpc) is 2.69. The van der Waals surface area contributed by atoms with Gasteiger partial charge in [-0.25, -0.2) is 4.98 Å². The van der Waals surface area contributed by atoms with Crippen LogP contribution in [0.5, 0.6) is 0 Å². The van der Waals surface area contributed by atoms with Crippen LogP contribution in [0, 0.1) is 0 Å². The molecule has 0 aliphatic carbocycles. The van der Waals surface area contributed by atoms with E-state index in [0.717, 1.165) is 0 Å². The molecule has 1 aromatic heterocycles. The maximum atomic E-state index is 12.8. The van der Waals surface area contributed by atoms with Gasteiger partial charge in [-0.15, -0.1) is 0 Å². The Kier molecular flexibility index (Phi) is 8.28. The quantitative estimate of drug-likeness (QED) is 0.352. The molecule has 27 heavy (non-hydrogen) atoms. The first kappa shape index (κ1) is 20.9. The van der Waals surface area contributed by atoms with Crippen LogP contribution in [-0.2, 0) is 20.9 Å². The third-order valence-corrected chi connectivity index (χ3v) is 4.73. The van der Waals surface area contributed by atoms with Crippen LogP contribution in [0.2, 0.25) is 0 Å². The Balaban J connectivity index is 2.16. The van der Waals surface area contributed by atoms with Gasteiger partial charge in [0.2, 0.25) is 11.8 Å². The fourth-order valence-corrected chi connectivity index (χ4v) is 3.23. The molecule has 0 saturated carbocycles. The van der Waals surface area contributed by atoms with Crippen LogP contribution in [0.3, 0.4) is 0 Å². The van der Waals surface area contributed by atoms with Gasteiger partial charge >= 0.3 is 0 Å². The Morgan fingerprint density at radius 2 is 2.04 bits per heavy atom. The highest BCUT2D eigenvalue weighted by atomic mass is 32.2. The van der Waals surface area contributed by atoms with Crippen molar-refractivity contribution in [3.8, 4) is 0 Å². The number of benzene rings is 1. The Morgan fingerprint density at radius 1 is 1.26 bits per heavy atom. The minimum absolute atomic E-state index is 0.0627. The Labute approximate surface area is 161 Å². The molecule has 0 radical (unpaired) electrons. The second-order valence-corrected chi connectivity index (χ2v) is 6.60. The Morgan fingerprint density at radius 3 is 2.78 bits per heavy atom. The number of amides is 2. The van der Waals surface area contributed by atoms with E-state index >= 15 is 0 Å². The molecule has 8 nitrogen and oxygen atoms in total. The predicted molar refractivity (Wildman–Crippen MR) is 105 cm³/mol. The zero-order chi connectivity index (χ0) is 19.6. The predicted octanol–water partition coefficient (Wildman–Crippen LogP) is 0.777. The van der Waals surface area contributed by atoms with Crippen molar-refractivity contribution in [3.63, 3.8) is 0 Å². The van der Waals surface area contributed by atoms with Gasteiger partial charge in [0.1, 0.15) is 0 Å². The number of nitrogens with one attached hydrogen (secondary N) is 2. The molecule has 1 aromatic carbocycles. The molecular formula is C18H24N4O4S. The summed E-state index contributed by atoms with van der Waals surface area (Å²) in [7, 11) is 1.50. The lowest BCUT2D eigenvalue weighted by Gasteiger charge is -2.13. The summed E-state index contributed by atoms with van der Waals surface area (Å²) in [5, 5.41) is 5.98. The van der Waals surface area contributed by atoms with Gasteiger partial charge in [0.25, 0.3) is 5.56 Å². The number of ether oxygens (including phenoxy) is 1. The van der Waals surface area contributed by atoms with Crippen LogP contribution >= 0.6 is 11.8 Å². The van der Waals surface area contributed by atoms with Gasteiger partial charge in [-0.3, -0.25) is 19.0 Å². The molecule has 146 valence electrons. The molecule has 0 spiro atoms. The van der Waals surface area contributed by atoms with Gasteiger partial charge in [0.05, 0.1) is 23.2 Å². The highest BCUT2D eigenvalue weighted by Gasteiger charge is 2.13. The van der Waals surface area contributed by atoms with Crippen molar-refractivity contribution >= 4 is 34.5 Å². The summed E-state index contributed by atoms with van der Waals surface area (Å²) in [6.07, 6.45) is 0.671. The molecule has 0 aliphatic heterocycles. The van der Waals surface area contributed by atoms with Crippen molar-refractivity contribution in [2.24, 2.45) is 0 Å². The summed E-state index contributed by atoms with van der Waals surface area (Å²) in [6, 6.07) is 7.14. The highest BCUT2D eigenvalue weighted by Crippen LogP contribution is 2.18. The number of likely N-dealkylation sites (N-methyl/N-ethyl adjacent to an activating group) is 1. The fraction of sp³-hybridized carbons (Fsp3) is 0.444. The van der Waals surface area contributed by atoms with E-state index in [4.69, 9.17) is 4.74 Å². The summed E-state index contributed by atoms with van der Waals surface area (Å²) in [5.41, 5.74) is 0.460. The molecule has 1 heterocycles. The van der Waals surface area contributed by atoms with Crippen molar-refractivity contribution < 1.29 is 14.3 Å². The van der Waals surface area contributed by atoms with Gasteiger partial charge in [-0.2, -0.15) is 0 Å². The maximum absolute atomic E-state index is 12.8. The van der Waals surface area contributed by atoms with Crippen molar-refractivity contribution in [2.75, 3.05) is 32.6 Å². The molecule has 0 bridgehead atoms. The summed E-state index contributed by atoms with van der Waals surface area (Å²) in [6.45, 7) is 3.47. The zero-order valence-corrected chi connectivity index (χ0v) is 16.3. The topological polar surface area (TPSA) is 102 Å². The van der Waals surface area contributed by atoms with Crippen LogP contribution in [0.25, 0.3) is 10.9 Å². The van der Waals surface area contributed by atoms with Crippen LogP contribution in [0.1, 0.15) is 13.3 Å². The summed E-state index contributed by atoms with van der Waals surface area (Å²) in [4.78, 5) is 40.5. The van der Waals surface area contributed by atoms with Gasteiger partial charge in [-0.1, -0.05) is 23.9 Å². The number of fused-ring (bicyclic) bond motifs is 1. The number of carbonyl (C=O) groups is 2. The van der Waals surface area contributed by atoms with Crippen LogP contribution < -0.4 is 16.2 Å². The molecule has 2 N–H and O–H groups in total. The van der Waals surface area contributed by atoms with Gasteiger partial charge in [-0.05, 0) is 25.5 Å². The molecule has 9 heteroatoms. The summed E-state index contributed by atoms with van der Waals surface area (Å²) < 4.78 is 6.92. The van der Waals surface area contributed by atoms with E-state index in [1.807, 2.05) is 13.0 Å². The summed E-state index contributed by atoms with van der Waals surface area (Å²) >= 11 is 1.17.